The van der Waals surface area contributed by atoms with E-state index in [2.05, 4.69) is 187 Å². The predicted octanol–water partition coefficient (Wildman–Crippen LogP) is 12.6. The SMILES string of the molecule is c1ccc(-c2ccc3c(c2)c2cc(-c4ccccc4)ccc2c2nc(-c4cccc(-n5c6ccccc6c6ccccc65)c4)ccc32)cc1. The zero-order valence-electron chi connectivity index (χ0n) is 26.7. The quantitative estimate of drug-likeness (QED) is 0.179. The second-order valence-corrected chi connectivity index (χ2v) is 12.8. The van der Waals surface area contributed by atoms with Crippen molar-refractivity contribution in [3.8, 4) is 39.2 Å². The smallest absolute Gasteiger partial charge is 0.0794 e. The molecular formula is C47H30N2. The second kappa shape index (κ2) is 11.0. The van der Waals surface area contributed by atoms with Gasteiger partial charge in [-0.25, -0.2) is 4.98 Å². The molecule has 2 heteroatoms. The van der Waals surface area contributed by atoms with Crippen LogP contribution < -0.4 is 0 Å². The summed E-state index contributed by atoms with van der Waals surface area (Å²) in [4.78, 5) is 5.44. The molecule has 0 amide bonds. The van der Waals surface area contributed by atoms with Crippen LogP contribution in [0, 0.1) is 0 Å². The summed E-state index contributed by atoms with van der Waals surface area (Å²) in [7, 11) is 0. The van der Waals surface area contributed by atoms with Gasteiger partial charge in [-0.1, -0.05) is 133 Å². The van der Waals surface area contributed by atoms with Crippen molar-refractivity contribution in [1.82, 2.24) is 9.55 Å². The molecule has 10 rings (SSSR count). The normalized spacial score (nSPS) is 11.7. The summed E-state index contributed by atoms with van der Waals surface area (Å²) >= 11 is 0. The number of para-hydroxylation sites is 2. The summed E-state index contributed by atoms with van der Waals surface area (Å²) in [5.41, 5.74) is 11.4. The highest BCUT2D eigenvalue weighted by molar-refractivity contribution is 6.25. The van der Waals surface area contributed by atoms with Crippen LogP contribution in [0.5, 0.6) is 0 Å². The average Bonchev–Trinajstić information content (AvgIpc) is 3.52. The highest BCUT2D eigenvalue weighted by Gasteiger charge is 2.16. The first-order chi connectivity index (χ1) is 24.3. The molecule has 0 fully saturated rings. The number of pyridine rings is 1. The Morgan fingerprint density at radius 2 is 0.816 bits per heavy atom. The molecule has 0 radical (unpaired) electrons. The van der Waals surface area contributed by atoms with Crippen LogP contribution in [-0.4, -0.2) is 9.55 Å². The van der Waals surface area contributed by atoms with Crippen molar-refractivity contribution < 1.29 is 0 Å². The van der Waals surface area contributed by atoms with Crippen LogP contribution in [-0.2, 0) is 0 Å². The molecule has 0 unspecified atom stereocenters. The molecule has 2 aromatic heterocycles. The van der Waals surface area contributed by atoms with Gasteiger partial charge in [-0.15, -0.1) is 0 Å². The van der Waals surface area contributed by atoms with E-state index in [0.29, 0.717) is 0 Å². The zero-order valence-corrected chi connectivity index (χ0v) is 26.7. The molecule has 2 nitrogen and oxygen atoms in total. The summed E-state index contributed by atoms with van der Waals surface area (Å²) in [5, 5.41) is 8.51. The van der Waals surface area contributed by atoms with E-state index in [-0.39, 0.29) is 0 Å². The first kappa shape index (κ1) is 27.6. The van der Waals surface area contributed by atoms with E-state index in [4.69, 9.17) is 4.98 Å². The topological polar surface area (TPSA) is 17.8 Å². The first-order valence-electron chi connectivity index (χ1n) is 16.8. The van der Waals surface area contributed by atoms with Crippen molar-refractivity contribution in [2.45, 2.75) is 0 Å². The molecule has 0 aliphatic rings. The lowest BCUT2D eigenvalue weighted by Gasteiger charge is -2.15. The Morgan fingerprint density at radius 1 is 0.306 bits per heavy atom. The van der Waals surface area contributed by atoms with Crippen LogP contribution in [0.15, 0.2) is 182 Å². The number of rotatable bonds is 4. The minimum atomic E-state index is 0.962. The van der Waals surface area contributed by atoms with E-state index >= 15 is 0 Å². The molecule has 0 bridgehead atoms. The molecule has 0 saturated heterocycles. The second-order valence-electron chi connectivity index (χ2n) is 12.8. The van der Waals surface area contributed by atoms with Crippen molar-refractivity contribution >= 4 is 54.3 Å². The van der Waals surface area contributed by atoms with Gasteiger partial charge in [-0.3, -0.25) is 0 Å². The number of aromatic nitrogens is 2. The third-order valence-corrected chi connectivity index (χ3v) is 9.96. The Kier molecular flexibility index (Phi) is 6.22. The number of nitrogens with zero attached hydrogens (tertiary/aromatic N) is 2. The molecule has 8 aromatic carbocycles. The molecule has 0 aliphatic carbocycles. The molecule has 49 heavy (non-hydrogen) atoms. The summed E-state index contributed by atoms with van der Waals surface area (Å²) in [5.74, 6) is 0. The maximum atomic E-state index is 5.44. The minimum absolute atomic E-state index is 0.962. The molecule has 10 aromatic rings. The lowest BCUT2D eigenvalue weighted by atomic mass is 9.91. The molecule has 0 atom stereocenters. The van der Waals surface area contributed by atoms with Crippen molar-refractivity contribution in [3.05, 3.63) is 182 Å². The summed E-state index contributed by atoms with van der Waals surface area (Å²) in [6.07, 6.45) is 0. The standard InChI is InChI=1S/C47H30N2/c1-3-12-31(13-4-1)33-22-24-37-40-26-27-44(48-47(40)41-25-23-34(30-43(41)42(37)29-33)32-14-5-2-6-15-32)35-16-11-17-36(28-35)49-45-20-9-7-18-38(45)39-19-8-10-21-46(39)49/h1-30H. The minimum Gasteiger partial charge on any atom is -0.309 e. The summed E-state index contributed by atoms with van der Waals surface area (Å²) in [6, 6.07) is 65.6. The monoisotopic (exact) mass is 622 g/mol. The predicted molar refractivity (Wildman–Crippen MR) is 207 cm³/mol. The fraction of sp³-hybridized carbons (Fsp3) is 0. The maximum Gasteiger partial charge on any atom is 0.0794 e. The van der Waals surface area contributed by atoms with E-state index in [1.54, 1.807) is 0 Å². The number of hydrogen-bond acceptors (Lipinski definition) is 1. The van der Waals surface area contributed by atoms with Gasteiger partial charge in [0.15, 0.2) is 0 Å². The highest BCUT2D eigenvalue weighted by atomic mass is 15.0. The lowest BCUT2D eigenvalue weighted by Crippen LogP contribution is -1.95. The number of benzene rings is 8. The van der Waals surface area contributed by atoms with Crippen LogP contribution in [0.3, 0.4) is 0 Å². The van der Waals surface area contributed by atoms with E-state index in [0.717, 1.165) is 33.2 Å². The van der Waals surface area contributed by atoms with Gasteiger partial charge in [0, 0.05) is 32.8 Å². The van der Waals surface area contributed by atoms with Gasteiger partial charge in [0.1, 0.15) is 0 Å². The van der Waals surface area contributed by atoms with E-state index in [1.165, 1.54) is 60.2 Å². The lowest BCUT2D eigenvalue weighted by molar-refractivity contribution is 1.18. The van der Waals surface area contributed by atoms with Crippen molar-refractivity contribution in [2.75, 3.05) is 0 Å². The van der Waals surface area contributed by atoms with Crippen LogP contribution >= 0.6 is 0 Å². The molecule has 2 heterocycles. The van der Waals surface area contributed by atoms with Gasteiger partial charge >= 0.3 is 0 Å². The molecule has 228 valence electrons. The fourth-order valence-electron chi connectivity index (χ4n) is 7.64. The average molecular weight is 623 g/mol. The summed E-state index contributed by atoms with van der Waals surface area (Å²) < 4.78 is 2.37. The Morgan fingerprint density at radius 3 is 1.47 bits per heavy atom. The van der Waals surface area contributed by atoms with E-state index in [9.17, 15) is 0 Å². The van der Waals surface area contributed by atoms with Crippen molar-refractivity contribution in [3.63, 3.8) is 0 Å². The van der Waals surface area contributed by atoms with Gasteiger partial charge in [0.2, 0.25) is 0 Å². The van der Waals surface area contributed by atoms with Gasteiger partial charge in [-0.05, 0) is 86.9 Å². The molecule has 0 saturated carbocycles. The number of fused-ring (bicyclic) bond motifs is 9. The maximum absolute atomic E-state index is 5.44. The largest absolute Gasteiger partial charge is 0.309 e. The van der Waals surface area contributed by atoms with Crippen molar-refractivity contribution in [2.24, 2.45) is 0 Å². The van der Waals surface area contributed by atoms with E-state index in [1.807, 2.05) is 0 Å². The van der Waals surface area contributed by atoms with E-state index < -0.39 is 0 Å². The van der Waals surface area contributed by atoms with Crippen molar-refractivity contribution in [1.29, 1.82) is 0 Å². The third kappa shape index (κ3) is 4.46. The van der Waals surface area contributed by atoms with Gasteiger partial charge < -0.3 is 4.57 Å². The Balaban J connectivity index is 1.20. The van der Waals surface area contributed by atoms with Crippen LogP contribution in [0.1, 0.15) is 0 Å². The molecule has 0 spiro atoms. The van der Waals surface area contributed by atoms with Gasteiger partial charge in [0.05, 0.1) is 22.2 Å². The zero-order chi connectivity index (χ0) is 32.3. The Bertz CT molecular complexity index is 2810. The number of hydrogen-bond donors (Lipinski definition) is 0. The van der Waals surface area contributed by atoms with Crippen LogP contribution in [0.25, 0.3) is 93.5 Å². The first-order valence-corrected chi connectivity index (χ1v) is 16.8. The Labute approximate surface area is 284 Å². The van der Waals surface area contributed by atoms with Crippen LogP contribution in [0.4, 0.5) is 0 Å². The van der Waals surface area contributed by atoms with Gasteiger partial charge in [-0.2, -0.15) is 0 Å². The highest BCUT2D eigenvalue weighted by Crippen LogP contribution is 2.40. The third-order valence-electron chi connectivity index (χ3n) is 9.96. The fourth-order valence-corrected chi connectivity index (χ4v) is 7.64. The molecular weight excluding hydrogens is 593 g/mol. The summed E-state index contributed by atoms with van der Waals surface area (Å²) in [6.45, 7) is 0. The Hall–Kier alpha value is -6.51. The molecule has 0 aliphatic heterocycles. The van der Waals surface area contributed by atoms with Gasteiger partial charge in [0.25, 0.3) is 0 Å². The molecule has 0 N–H and O–H groups in total. The van der Waals surface area contributed by atoms with Crippen LogP contribution in [0.2, 0.25) is 0 Å².